The van der Waals surface area contributed by atoms with Crippen molar-refractivity contribution in [3.63, 3.8) is 0 Å². The van der Waals surface area contributed by atoms with E-state index in [9.17, 15) is 4.79 Å². The zero-order valence-corrected chi connectivity index (χ0v) is 12.6. The Morgan fingerprint density at radius 2 is 1.85 bits per heavy atom. The Hall–Kier alpha value is -1.39. The molecule has 1 aliphatic rings. The van der Waals surface area contributed by atoms with Crippen molar-refractivity contribution in [2.75, 3.05) is 31.1 Å². The maximum absolute atomic E-state index is 12.5. The van der Waals surface area contributed by atoms with E-state index in [1.807, 2.05) is 42.2 Å². The lowest BCUT2D eigenvalue weighted by Crippen LogP contribution is -2.49. The van der Waals surface area contributed by atoms with Crippen LogP contribution in [0.3, 0.4) is 0 Å². The standard InChI is InChI=1S/C16H24N2O2/c1-4-18(15-8-6-5-7-9-15)16(19)12-17-10-13(2)20-14(3)11-17/h5-9,13-14H,4,10-12H2,1-3H3. The maximum atomic E-state index is 12.5. The van der Waals surface area contributed by atoms with Crippen molar-refractivity contribution < 1.29 is 9.53 Å². The van der Waals surface area contributed by atoms with E-state index in [1.165, 1.54) is 0 Å². The molecule has 2 unspecified atom stereocenters. The van der Waals surface area contributed by atoms with Gasteiger partial charge in [0, 0.05) is 25.3 Å². The van der Waals surface area contributed by atoms with Crippen LogP contribution in [0.5, 0.6) is 0 Å². The first kappa shape index (κ1) is 15.0. The highest BCUT2D eigenvalue weighted by Gasteiger charge is 2.25. The minimum atomic E-state index is 0.153. The number of amides is 1. The molecular weight excluding hydrogens is 252 g/mol. The number of rotatable bonds is 4. The van der Waals surface area contributed by atoms with Crippen molar-refractivity contribution in [1.82, 2.24) is 4.90 Å². The molecule has 1 aromatic rings. The highest BCUT2D eigenvalue weighted by molar-refractivity contribution is 5.94. The van der Waals surface area contributed by atoms with Crippen LogP contribution in [0.4, 0.5) is 5.69 Å². The number of anilines is 1. The minimum absolute atomic E-state index is 0.153. The normalized spacial score (nSPS) is 23.6. The van der Waals surface area contributed by atoms with Gasteiger partial charge in [0.15, 0.2) is 0 Å². The van der Waals surface area contributed by atoms with Gasteiger partial charge in [-0.25, -0.2) is 0 Å². The summed E-state index contributed by atoms with van der Waals surface area (Å²) in [5.41, 5.74) is 0.967. The largest absolute Gasteiger partial charge is 0.373 e. The SMILES string of the molecule is CCN(C(=O)CN1CC(C)OC(C)C1)c1ccccc1. The van der Waals surface area contributed by atoms with Gasteiger partial charge in [0.2, 0.25) is 5.91 Å². The van der Waals surface area contributed by atoms with Crippen LogP contribution in [0.2, 0.25) is 0 Å². The second-order valence-electron chi connectivity index (χ2n) is 5.42. The van der Waals surface area contributed by atoms with Gasteiger partial charge in [-0.3, -0.25) is 9.69 Å². The molecule has 0 spiro atoms. The first-order valence-electron chi connectivity index (χ1n) is 7.33. The van der Waals surface area contributed by atoms with Gasteiger partial charge in [0.25, 0.3) is 0 Å². The number of likely N-dealkylation sites (N-methyl/N-ethyl adjacent to an activating group) is 1. The van der Waals surface area contributed by atoms with Crippen LogP contribution in [0.1, 0.15) is 20.8 Å². The van der Waals surface area contributed by atoms with Gasteiger partial charge in [-0.1, -0.05) is 18.2 Å². The molecule has 4 heteroatoms. The highest BCUT2D eigenvalue weighted by atomic mass is 16.5. The molecule has 1 aromatic carbocycles. The quantitative estimate of drug-likeness (QED) is 0.845. The monoisotopic (exact) mass is 276 g/mol. The second kappa shape index (κ2) is 6.86. The van der Waals surface area contributed by atoms with Crippen molar-refractivity contribution in [2.45, 2.75) is 33.0 Å². The predicted octanol–water partition coefficient (Wildman–Crippen LogP) is 2.15. The van der Waals surface area contributed by atoms with Gasteiger partial charge in [0.05, 0.1) is 18.8 Å². The number of hydrogen-bond donors (Lipinski definition) is 0. The molecule has 0 aliphatic carbocycles. The lowest BCUT2D eigenvalue weighted by atomic mass is 10.2. The fourth-order valence-corrected chi connectivity index (χ4v) is 2.80. The molecule has 1 amide bonds. The first-order valence-corrected chi connectivity index (χ1v) is 7.33. The van der Waals surface area contributed by atoms with Crippen LogP contribution in [0.25, 0.3) is 0 Å². The molecule has 0 aromatic heterocycles. The van der Waals surface area contributed by atoms with Crippen LogP contribution in [0, 0.1) is 0 Å². The van der Waals surface area contributed by atoms with Crippen molar-refractivity contribution in [3.8, 4) is 0 Å². The Bertz CT molecular complexity index is 425. The number of para-hydroxylation sites is 1. The minimum Gasteiger partial charge on any atom is -0.373 e. The number of benzene rings is 1. The lowest BCUT2D eigenvalue weighted by Gasteiger charge is -2.35. The van der Waals surface area contributed by atoms with Crippen LogP contribution in [0.15, 0.2) is 30.3 Å². The summed E-state index contributed by atoms with van der Waals surface area (Å²) in [6.45, 7) is 8.92. The Morgan fingerprint density at radius 1 is 1.25 bits per heavy atom. The van der Waals surface area contributed by atoms with Gasteiger partial charge >= 0.3 is 0 Å². The molecule has 1 heterocycles. The number of hydrogen-bond acceptors (Lipinski definition) is 3. The average Bonchev–Trinajstić information content (AvgIpc) is 2.39. The molecular formula is C16H24N2O2. The Balaban J connectivity index is 1.99. The van der Waals surface area contributed by atoms with E-state index in [2.05, 4.69) is 18.7 Å². The lowest BCUT2D eigenvalue weighted by molar-refractivity contribution is -0.123. The summed E-state index contributed by atoms with van der Waals surface area (Å²) in [7, 11) is 0. The molecule has 4 nitrogen and oxygen atoms in total. The number of morpholine rings is 1. The van der Waals surface area contributed by atoms with Crippen molar-refractivity contribution in [1.29, 1.82) is 0 Å². The maximum Gasteiger partial charge on any atom is 0.241 e. The molecule has 1 saturated heterocycles. The predicted molar refractivity (Wildman–Crippen MR) is 80.9 cm³/mol. The van der Waals surface area contributed by atoms with Crippen molar-refractivity contribution >= 4 is 11.6 Å². The third-order valence-electron chi connectivity index (χ3n) is 3.54. The summed E-state index contributed by atoms with van der Waals surface area (Å²) in [4.78, 5) is 16.5. The number of nitrogens with zero attached hydrogens (tertiary/aromatic N) is 2. The molecule has 1 aliphatic heterocycles. The smallest absolute Gasteiger partial charge is 0.241 e. The molecule has 0 N–H and O–H groups in total. The van der Waals surface area contributed by atoms with Gasteiger partial charge in [0.1, 0.15) is 0 Å². The average molecular weight is 276 g/mol. The van der Waals surface area contributed by atoms with Gasteiger partial charge in [-0.2, -0.15) is 0 Å². The summed E-state index contributed by atoms with van der Waals surface area (Å²) < 4.78 is 5.70. The number of carbonyl (C=O) groups is 1. The topological polar surface area (TPSA) is 32.8 Å². The molecule has 0 saturated carbocycles. The van der Waals surface area contributed by atoms with Crippen LogP contribution >= 0.6 is 0 Å². The van der Waals surface area contributed by atoms with E-state index >= 15 is 0 Å². The van der Waals surface area contributed by atoms with E-state index in [1.54, 1.807) is 0 Å². The molecule has 1 fully saturated rings. The van der Waals surface area contributed by atoms with Crippen molar-refractivity contribution in [2.24, 2.45) is 0 Å². The fraction of sp³-hybridized carbons (Fsp3) is 0.562. The molecule has 2 atom stereocenters. The van der Waals surface area contributed by atoms with Gasteiger partial charge < -0.3 is 9.64 Å². The Morgan fingerprint density at radius 3 is 2.40 bits per heavy atom. The number of ether oxygens (including phenoxy) is 1. The molecule has 2 rings (SSSR count). The Kier molecular flexibility index (Phi) is 5.15. The summed E-state index contributed by atoms with van der Waals surface area (Å²) >= 11 is 0. The summed E-state index contributed by atoms with van der Waals surface area (Å²) in [6, 6.07) is 9.85. The molecule has 0 bridgehead atoms. The second-order valence-corrected chi connectivity index (χ2v) is 5.42. The molecule has 0 radical (unpaired) electrons. The van der Waals surface area contributed by atoms with Crippen LogP contribution in [-0.2, 0) is 9.53 Å². The van der Waals surface area contributed by atoms with E-state index in [0.717, 1.165) is 18.8 Å². The van der Waals surface area contributed by atoms with E-state index in [-0.39, 0.29) is 18.1 Å². The Labute approximate surface area is 121 Å². The van der Waals surface area contributed by atoms with Crippen LogP contribution < -0.4 is 4.90 Å². The van der Waals surface area contributed by atoms with Gasteiger partial charge in [-0.05, 0) is 32.9 Å². The van der Waals surface area contributed by atoms with E-state index in [0.29, 0.717) is 13.1 Å². The summed E-state index contributed by atoms with van der Waals surface area (Å²) in [5.74, 6) is 0.153. The molecule has 110 valence electrons. The summed E-state index contributed by atoms with van der Waals surface area (Å²) in [6.07, 6.45) is 0.386. The van der Waals surface area contributed by atoms with E-state index in [4.69, 9.17) is 4.74 Å². The van der Waals surface area contributed by atoms with Crippen LogP contribution in [-0.4, -0.2) is 49.2 Å². The highest BCUT2D eigenvalue weighted by Crippen LogP contribution is 2.15. The first-order chi connectivity index (χ1) is 9.60. The van der Waals surface area contributed by atoms with E-state index < -0.39 is 0 Å². The zero-order valence-electron chi connectivity index (χ0n) is 12.6. The van der Waals surface area contributed by atoms with Gasteiger partial charge in [-0.15, -0.1) is 0 Å². The summed E-state index contributed by atoms with van der Waals surface area (Å²) in [5, 5.41) is 0. The molecule has 20 heavy (non-hydrogen) atoms. The zero-order chi connectivity index (χ0) is 14.5. The van der Waals surface area contributed by atoms with Crippen molar-refractivity contribution in [3.05, 3.63) is 30.3 Å². The third-order valence-corrected chi connectivity index (χ3v) is 3.54. The fourth-order valence-electron chi connectivity index (χ4n) is 2.80. The third kappa shape index (κ3) is 3.81. The number of carbonyl (C=O) groups excluding carboxylic acids is 1.